The molecule has 16 heterocycles. The summed E-state index contributed by atoms with van der Waals surface area (Å²) in [5, 5.41) is 21.1. The summed E-state index contributed by atoms with van der Waals surface area (Å²) in [4.78, 5) is 14.6. The van der Waals surface area contributed by atoms with Gasteiger partial charge in [0.05, 0.1) is 122 Å². The highest BCUT2D eigenvalue weighted by molar-refractivity contribution is 5.70. The fourth-order valence-electron chi connectivity index (χ4n) is 18.2. The molecule has 12 bridgehead atoms. The van der Waals surface area contributed by atoms with Gasteiger partial charge in [-0.2, -0.15) is 0 Å². The number of esters is 1. The van der Waals surface area contributed by atoms with Crippen molar-refractivity contribution in [1.29, 1.82) is 0 Å². The number of hydrogen-bond acceptors (Lipinski definition) is 19. The van der Waals surface area contributed by atoms with Gasteiger partial charge in [-0.05, 0) is 73.8 Å². The predicted molar refractivity (Wildman–Crippen MR) is 276 cm³/mol. The Morgan fingerprint density at radius 3 is 2.04 bits per heavy atom. The van der Waals surface area contributed by atoms with Crippen LogP contribution in [0.3, 0.4) is 0 Å². The molecule has 16 rings (SSSR count). The summed E-state index contributed by atoms with van der Waals surface area (Å²) in [5.41, 5.74) is 7.81. The van der Waals surface area contributed by atoms with Gasteiger partial charge < -0.3 is 87.0 Å². The number of aliphatic hydroxyl groups excluding tert-OH is 2. The maximum absolute atomic E-state index is 14.6. The number of carbonyl (C=O) groups excluding carboxylic acids is 1. The standard InChI is InChI=1S/C60H87NO18/c1-26-13-33-7-9-37-27(2)14-35(65-37)11-12-58-23-46-54(78-58)55-56(72-46)57(79-58)53-38(69-55)10-8-34(67-53)16-48(64)73-52-31(6)51-43(68-42(52)17-39(66-33)30(26)5)19-41-45(71-51)22-60(74-41)24-47-50(77-60)29(4)21-59(76-47)20-28(3)49-44(75-59)18-40(70-49)36(63)15-32(62)25-61/h26,28-29,31-47,49-57,62-63H,2,5,7-25,61H2,1,3-4,6H3/t26-,28+,29+,31+,32-,33+,34-,35+,36+,37+,38+,39-,40+,41-,42+,43+,44+,45-,46?,47+,49+,50+,51+,52-,53+,54?,55+,56-,57+,58+,59-,60+/m1/s1. The van der Waals surface area contributed by atoms with E-state index in [9.17, 15) is 15.0 Å². The van der Waals surface area contributed by atoms with Gasteiger partial charge in [0.15, 0.2) is 17.4 Å². The van der Waals surface area contributed by atoms with E-state index in [4.69, 9.17) is 76.8 Å². The molecular formula is C60H87NO18. The molecule has 16 aliphatic heterocycles. The average Bonchev–Trinajstić information content (AvgIpc) is 4.25. The molecule has 0 aromatic rings. The van der Waals surface area contributed by atoms with E-state index >= 15 is 0 Å². The third kappa shape index (κ3) is 9.43. The molecule has 16 saturated heterocycles. The van der Waals surface area contributed by atoms with E-state index in [1.165, 1.54) is 0 Å². The van der Waals surface area contributed by atoms with Crippen LogP contribution in [-0.2, 0) is 75.8 Å². The second kappa shape index (κ2) is 20.2. The number of carbonyl (C=O) groups is 1. The van der Waals surface area contributed by atoms with Crippen molar-refractivity contribution >= 4 is 5.97 Å². The second-order valence-corrected chi connectivity index (χ2v) is 27.6. The van der Waals surface area contributed by atoms with Crippen LogP contribution in [0.1, 0.15) is 143 Å². The minimum atomic E-state index is -0.914. The van der Waals surface area contributed by atoms with Crippen LogP contribution in [-0.4, -0.2) is 193 Å². The van der Waals surface area contributed by atoms with Crippen molar-refractivity contribution in [3.8, 4) is 0 Å². The van der Waals surface area contributed by atoms with Crippen molar-refractivity contribution in [2.75, 3.05) is 6.54 Å². The Morgan fingerprint density at radius 2 is 1.19 bits per heavy atom. The van der Waals surface area contributed by atoms with Crippen LogP contribution in [0.25, 0.3) is 0 Å². The van der Waals surface area contributed by atoms with Gasteiger partial charge in [-0.25, -0.2) is 0 Å². The van der Waals surface area contributed by atoms with Crippen molar-refractivity contribution in [2.24, 2.45) is 29.4 Å². The average molecular weight is 1110 g/mol. The molecule has 2 unspecified atom stereocenters. The summed E-state index contributed by atoms with van der Waals surface area (Å²) in [6.07, 6.45) is 2.95. The molecule has 79 heavy (non-hydrogen) atoms. The lowest BCUT2D eigenvalue weighted by atomic mass is 9.79. The monoisotopic (exact) mass is 1110 g/mol. The molecule has 440 valence electrons. The molecule has 32 atom stereocenters. The van der Waals surface area contributed by atoms with E-state index in [0.29, 0.717) is 64.2 Å². The third-order valence-corrected chi connectivity index (χ3v) is 22.0. The topological polar surface area (TPSA) is 222 Å². The SMILES string of the molecule is C=C1C[C@@H]2CC[C@@]34CC5O[C@H]6[C@@H](O3)[C@H]3O[C@H](CC[C@@H]3O[C@H]6C5O4)CC(=O)O[C@@H]3[C@@H](C)[C@@H]4O[C@@H]5C[C@]6(C[C@@H]7O[C@]8(C[C@H](C)[C@@H]9O[C@H]([C@@H](O)C[C@@H](O)CN)C[C@@H]9O8)C[C@H](C)[C@@H]7O6)O[C@@H]5C[C@@H]4O[C@H]3C[C@H]3O[C@@H](CC[C@@H]1O2)C[C@@H](C)C3=C. The fraction of sp³-hybridized carbons (Fsp3) is 0.917. The van der Waals surface area contributed by atoms with Gasteiger partial charge in [-0.1, -0.05) is 40.9 Å². The number of ether oxygens (including phenoxy) is 15. The van der Waals surface area contributed by atoms with Gasteiger partial charge in [-0.3, -0.25) is 4.79 Å². The van der Waals surface area contributed by atoms with E-state index < -0.39 is 66.2 Å². The molecule has 0 radical (unpaired) electrons. The molecular weight excluding hydrogens is 1020 g/mol. The van der Waals surface area contributed by atoms with E-state index in [1.807, 2.05) is 0 Å². The first-order chi connectivity index (χ1) is 38.0. The van der Waals surface area contributed by atoms with E-state index in [0.717, 1.165) is 49.7 Å². The minimum Gasteiger partial charge on any atom is -0.459 e. The number of hydrogen-bond donors (Lipinski definition) is 3. The van der Waals surface area contributed by atoms with Crippen molar-refractivity contribution in [3.63, 3.8) is 0 Å². The molecule has 19 heteroatoms. The van der Waals surface area contributed by atoms with Crippen LogP contribution >= 0.6 is 0 Å². The summed E-state index contributed by atoms with van der Waals surface area (Å²) in [7, 11) is 0. The Balaban J connectivity index is 0.655. The first-order valence-corrected chi connectivity index (χ1v) is 30.9. The van der Waals surface area contributed by atoms with Crippen LogP contribution < -0.4 is 5.73 Å². The van der Waals surface area contributed by atoms with Gasteiger partial charge in [0.25, 0.3) is 0 Å². The first-order valence-electron chi connectivity index (χ1n) is 30.9. The van der Waals surface area contributed by atoms with Gasteiger partial charge >= 0.3 is 5.97 Å². The van der Waals surface area contributed by atoms with Crippen LogP contribution in [0, 0.1) is 23.7 Å². The maximum Gasteiger partial charge on any atom is 0.308 e. The fourth-order valence-corrected chi connectivity index (χ4v) is 18.2. The van der Waals surface area contributed by atoms with Gasteiger partial charge in [0.1, 0.15) is 36.6 Å². The Labute approximate surface area is 464 Å². The van der Waals surface area contributed by atoms with Crippen LogP contribution in [0.5, 0.6) is 0 Å². The van der Waals surface area contributed by atoms with E-state index in [2.05, 4.69) is 40.9 Å². The molecule has 0 aromatic heterocycles. The zero-order valence-corrected chi connectivity index (χ0v) is 46.6. The summed E-state index contributed by atoms with van der Waals surface area (Å²) in [5.74, 6) is -2.68. The highest BCUT2D eigenvalue weighted by atomic mass is 16.8. The van der Waals surface area contributed by atoms with Gasteiger partial charge in [0.2, 0.25) is 0 Å². The smallest absolute Gasteiger partial charge is 0.308 e. The molecule has 0 aromatic carbocycles. The van der Waals surface area contributed by atoms with E-state index in [-0.39, 0.29) is 153 Å². The van der Waals surface area contributed by atoms with Crippen LogP contribution in [0.15, 0.2) is 24.3 Å². The molecule has 16 aliphatic rings. The third-order valence-electron chi connectivity index (χ3n) is 22.0. The molecule has 19 nitrogen and oxygen atoms in total. The lowest BCUT2D eigenvalue weighted by Gasteiger charge is -2.50. The quantitative estimate of drug-likeness (QED) is 0.252. The predicted octanol–water partition coefficient (Wildman–Crippen LogP) is 4.89. The summed E-state index contributed by atoms with van der Waals surface area (Å²) in [6.45, 7) is 18.0. The maximum atomic E-state index is 14.6. The summed E-state index contributed by atoms with van der Waals surface area (Å²) >= 11 is 0. The van der Waals surface area contributed by atoms with Gasteiger partial charge in [-0.15, -0.1) is 0 Å². The molecule has 0 amide bonds. The highest BCUT2D eigenvalue weighted by Gasteiger charge is 2.70. The zero-order chi connectivity index (χ0) is 54.0. The molecule has 4 N–H and O–H groups in total. The van der Waals surface area contributed by atoms with Gasteiger partial charge in [0, 0.05) is 76.7 Å². The molecule has 0 aliphatic carbocycles. The lowest BCUT2D eigenvalue weighted by molar-refractivity contribution is -0.347. The highest BCUT2D eigenvalue weighted by Crippen LogP contribution is 2.58. The number of aliphatic hydroxyl groups is 2. The first kappa shape index (κ1) is 54.0. The zero-order valence-electron chi connectivity index (χ0n) is 46.6. The Bertz CT molecular complexity index is 2350. The number of rotatable bonds is 4. The van der Waals surface area contributed by atoms with Crippen LogP contribution in [0.4, 0.5) is 0 Å². The van der Waals surface area contributed by atoms with Crippen LogP contribution in [0.2, 0.25) is 0 Å². The van der Waals surface area contributed by atoms with Crippen molar-refractivity contribution < 1.29 is 86.1 Å². The van der Waals surface area contributed by atoms with Crippen molar-refractivity contribution in [3.05, 3.63) is 24.3 Å². The summed E-state index contributed by atoms with van der Waals surface area (Å²) in [6, 6.07) is 0. The Kier molecular flexibility index (Phi) is 13.8. The summed E-state index contributed by atoms with van der Waals surface area (Å²) < 4.78 is 104. The lowest BCUT2D eigenvalue weighted by Crippen LogP contribution is -2.62. The van der Waals surface area contributed by atoms with Crippen molar-refractivity contribution in [2.45, 2.75) is 313 Å². The molecule has 16 fully saturated rings. The number of nitrogens with two attached hydrogens (primary N) is 1. The largest absolute Gasteiger partial charge is 0.459 e. The normalized spacial score (nSPS) is 57.2. The Hall–Kier alpha value is -1.73. The molecule has 3 spiro atoms. The minimum absolute atomic E-state index is 0.0157. The molecule has 0 saturated carbocycles. The van der Waals surface area contributed by atoms with E-state index in [1.54, 1.807) is 0 Å². The Morgan fingerprint density at radius 1 is 0.519 bits per heavy atom. The number of fused-ring (bicyclic) bond motifs is 10. The van der Waals surface area contributed by atoms with Crippen molar-refractivity contribution in [1.82, 2.24) is 0 Å². The second-order valence-electron chi connectivity index (χ2n) is 27.6.